The Kier molecular flexibility index (Phi) is 8.64. The molecular formula is C25H33F3N4O2S. The summed E-state index contributed by atoms with van der Waals surface area (Å²) >= 11 is 1.53. The van der Waals surface area contributed by atoms with Crippen molar-refractivity contribution in [2.45, 2.75) is 76.4 Å². The number of hydrogen-bond donors (Lipinski definition) is 1. The number of nitrogens with one attached hydrogen (secondary N) is 1. The summed E-state index contributed by atoms with van der Waals surface area (Å²) in [6.07, 6.45) is 3.72. The molecule has 0 saturated heterocycles. The van der Waals surface area contributed by atoms with E-state index in [0.717, 1.165) is 40.7 Å². The first-order valence-corrected chi connectivity index (χ1v) is 13.1. The van der Waals surface area contributed by atoms with Gasteiger partial charge in [-0.25, -0.2) is 23.1 Å². The second-order valence-corrected chi connectivity index (χ2v) is 10.9. The van der Waals surface area contributed by atoms with Crippen LogP contribution >= 0.6 is 11.3 Å². The van der Waals surface area contributed by atoms with E-state index in [-0.39, 0.29) is 17.8 Å². The lowest BCUT2D eigenvalue weighted by Gasteiger charge is -2.35. The molecule has 0 unspecified atom stereocenters. The summed E-state index contributed by atoms with van der Waals surface area (Å²) in [7, 11) is 0. The third-order valence-electron chi connectivity index (χ3n) is 6.89. The number of thiazole rings is 1. The maximum atomic E-state index is 15.5. The lowest BCUT2D eigenvalue weighted by Crippen LogP contribution is -2.43. The number of amides is 1. The van der Waals surface area contributed by atoms with Crippen LogP contribution in [0.4, 0.5) is 13.2 Å². The molecule has 4 rings (SSSR count). The third-order valence-corrected chi connectivity index (χ3v) is 7.80. The van der Waals surface area contributed by atoms with Crippen molar-refractivity contribution in [1.82, 2.24) is 20.2 Å². The number of aryl methyl sites for hydroxylation is 1. The fraction of sp³-hybridized carbons (Fsp3) is 0.640. The van der Waals surface area contributed by atoms with E-state index in [2.05, 4.69) is 20.2 Å². The molecule has 10 heteroatoms. The molecule has 1 amide bonds. The van der Waals surface area contributed by atoms with Gasteiger partial charge in [0, 0.05) is 54.9 Å². The van der Waals surface area contributed by atoms with Crippen molar-refractivity contribution in [1.29, 1.82) is 0 Å². The zero-order valence-corrected chi connectivity index (χ0v) is 20.9. The minimum atomic E-state index is -2.53. The maximum absolute atomic E-state index is 15.5. The van der Waals surface area contributed by atoms with Crippen LogP contribution in [-0.2, 0) is 24.1 Å². The summed E-state index contributed by atoms with van der Waals surface area (Å²) in [5.74, 6) is 0.205. The third kappa shape index (κ3) is 7.64. The second kappa shape index (κ2) is 11.7. The van der Waals surface area contributed by atoms with E-state index in [1.807, 2.05) is 13.0 Å². The van der Waals surface area contributed by atoms with E-state index in [1.165, 1.54) is 11.3 Å². The Hall–Kier alpha value is -2.20. The molecule has 1 aliphatic carbocycles. The van der Waals surface area contributed by atoms with E-state index in [4.69, 9.17) is 4.74 Å². The summed E-state index contributed by atoms with van der Waals surface area (Å²) in [5, 5.41) is 4.01. The largest absolute Gasteiger partial charge is 0.472 e. The number of halogens is 3. The predicted molar refractivity (Wildman–Crippen MR) is 129 cm³/mol. The van der Waals surface area contributed by atoms with Gasteiger partial charge in [-0.1, -0.05) is 6.07 Å². The van der Waals surface area contributed by atoms with Gasteiger partial charge in [-0.05, 0) is 51.0 Å². The molecule has 1 aliphatic heterocycles. The number of ether oxygens (including phenoxy) is 1. The zero-order valence-electron chi connectivity index (χ0n) is 20.1. The smallest absolute Gasteiger partial charge is 0.272 e. The molecule has 3 heterocycles. The minimum Gasteiger partial charge on any atom is -0.472 e. The van der Waals surface area contributed by atoms with Gasteiger partial charge in [0.15, 0.2) is 6.61 Å². The SMILES string of the molecule is Cc1ncc(CC(=O)N[C@H]2CC[C@](F)(CCN3CCc4ccc(OCC(F)F)nc4CC3)CC2)s1. The fourth-order valence-electron chi connectivity index (χ4n) is 4.87. The lowest BCUT2D eigenvalue weighted by molar-refractivity contribution is -0.121. The Morgan fingerprint density at radius 2 is 2.06 bits per heavy atom. The number of nitrogens with zero attached hydrogens (tertiary/aromatic N) is 3. The van der Waals surface area contributed by atoms with Crippen LogP contribution < -0.4 is 10.1 Å². The van der Waals surface area contributed by atoms with E-state index in [1.54, 1.807) is 12.3 Å². The number of pyridine rings is 1. The average molecular weight is 511 g/mol. The number of rotatable bonds is 9. The van der Waals surface area contributed by atoms with Crippen LogP contribution in [0.2, 0.25) is 0 Å². The molecule has 1 saturated carbocycles. The number of carbonyl (C=O) groups is 1. The van der Waals surface area contributed by atoms with Crippen LogP contribution in [0.15, 0.2) is 18.3 Å². The monoisotopic (exact) mass is 510 g/mol. The number of alkyl halides is 3. The van der Waals surface area contributed by atoms with E-state index < -0.39 is 18.7 Å². The topological polar surface area (TPSA) is 67.4 Å². The first-order chi connectivity index (χ1) is 16.8. The zero-order chi connectivity index (χ0) is 24.8. The molecule has 6 nitrogen and oxygen atoms in total. The lowest BCUT2D eigenvalue weighted by atomic mass is 9.81. The first-order valence-electron chi connectivity index (χ1n) is 12.3. The highest BCUT2D eigenvalue weighted by Gasteiger charge is 2.36. The van der Waals surface area contributed by atoms with Gasteiger partial charge in [-0.15, -0.1) is 11.3 Å². The number of carbonyl (C=O) groups excluding carboxylic acids is 1. The standard InChI is InChI=1S/C25H33F3N4O2S/c1-17-29-15-20(35-17)14-23(33)30-19-4-8-25(28,9-5-19)10-13-32-11-6-18-2-3-24(34-16-22(26)27)31-21(18)7-12-32/h2-3,15,19,22H,4-14,16H2,1H3,(H,30,33)/t19-,25+. The molecule has 0 radical (unpaired) electrons. The molecule has 192 valence electrons. The van der Waals surface area contributed by atoms with Crippen molar-refractivity contribution in [3.05, 3.63) is 39.5 Å². The molecule has 35 heavy (non-hydrogen) atoms. The summed E-state index contributed by atoms with van der Waals surface area (Å²) in [6.45, 7) is 3.50. The highest BCUT2D eigenvalue weighted by molar-refractivity contribution is 7.11. The van der Waals surface area contributed by atoms with Gasteiger partial charge in [0.2, 0.25) is 11.8 Å². The van der Waals surface area contributed by atoms with Crippen LogP contribution in [0.5, 0.6) is 5.88 Å². The summed E-state index contributed by atoms with van der Waals surface area (Å²) < 4.78 is 45.4. The quantitative estimate of drug-likeness (QED) is 0.545. The summed E-state index contributed by atoms with van der Waals surface area (Å²) in [6, 6.07) is 3.57. The van der Waals surface area contributed by atoms with Crippen molar-refractivity contribution < 1.29 is 22.7 Å². The van der Waals surface area contributed by atoms with Crippen molar-refractivity contribution >= 4 is 17.2 Å². The van der Waals surface area contributed by atoms with E-state index in [9.17, 15) is 13.6 Å². The van der Waals surface area contributed by atoms with Crippen LogP contribution in [0.25, 0.3) is 0 Å². The summed E-state index contributed by atoms with van der Waals surface area (Å²) in [4.78, 5) is 24.1. The minimum absolute atomic E-state index is 0.0227. The second-order valence-electron chi connectivity index (χ2n) is 9.56. The molecule has 0 atom stereocenters. The van der Waals surface area contributed by atoms with E-state index in [0.29, 0.717) is 51.5 Å². The molecule has 0 spiro atoms. The normalized spacial score (nSPS) is 23.1. The Morgan fingerprint density at radius 1 is 1.29 bits per heavy atom. The van der Waals surface area contributed by atoms with Crippen LogP contribution in [0.3, 0.4) is 0 Å². The molecule has 2 aliphatic rings. The summed E-state index contributed by atoms with van der Waals surface area (Å²) in [5.41, 5.74) is 0.763. The van der Waals surface area contributed by atoms with Crippen molar-refractivity contribution in [3.8, 4) is 5.88 Å². The number of aromatic nitrogens is 2. The molecule has 0 aromatic carbocycles. The van der Waals surface area contributed by atoms with Gasteiger partial charge in [-0.2, -0.15) is 0 Å². The number of hydrogen-bond acceptors (Lipinski definition) is 6. The number of fused-ring (bicyclic) bond motifs is 1. The molecule has 2 aromatic heterocycles. The van der Waals surface area contributed by atoms with Crippen LogP contribution in [0, 0.1) is 6.92 Å². The predicted octanol–water partition coefficient (Wildman–Crippen LogP) is 4.29. The molecule has 2 aromatic rings. The Labute approximate surface area is 208 Å². The van der Waals surface area contributed by atoms with Crippen molar-refractivity contribution in [3.63, 3.8) is 0 Å². The maximum Gasteiger partial charge on any atom is 0.272 e. The van der Waals surface area contributed by atoms with Gasteiger partial charge >= 0.3 is 0 Å². The Morgan fingerprint density at radius 3 is 2.77 bits per heavy atom. The highest BCUT2D eigenvalue weighted by atomic mass is 32.1. The van der Waals surface area contributed by atoms with Gasteiger partial charge in [0.1, 0.15) is 5.67 Å². The average Bonchev–Trinajstić information content (AvgIpc) is 3.12. The molecule has 0 bridgehead atoms. The molecule has 1 fully saturated rings. The van der Waals surface area contributed by atoms with Crippen molar-refractivity contribution in [2.24, 2.45) is 0 Å². The van der Waals surface area contributed by atoms with Crippen molar-refractivity contribution in [2.75, 3.05) is 26.2 Å². The fourth-order valence-corrected chi connectivity index (χ4v) is 5.67. The molecular weight excluding hydrogens is 477 g/mol. The van der Waals surface area contributed by atoms with Gasteiger partial charge in [0.05, 0.1) is 11.4 Å². The van der Waals surface area contributed by atoms with Gasteiger partial charge in [0.25, 0.3) is 6.43 Å². The Balaban J connectivity index is 1.19. The highest BCUT2D eigenvalue weighted by Crippen LogP contribution is 2.35. The van der Waals surface area contributed by atoms with Crippen LogP contribution in [0.1, 0.15) is 53.2 Å². The van der Waals surface area contributed by atoms with E-state index >= 15 is 4.39 Å². The van der Waals surface area contributed by atoms with Gasteiger partial charge in [-0.3, -0.25) is 4.79 Å². The van der Waals surface area contributed by atoms with Gasteiger partial charge < -0.3 is 15.0 Å². The first kappa shape index (κ1) is 25.9. The Bertz CT molecular complexity index is 995. The van der Waals surface area contributed by atoms with Crippen LogP contribution in [-0.4, -0.2) is 65.2 Å². The molecule has 1 N–H and O–H groups in total.